The van der Waals surface area contributed by atoms with Crippen LogP contribution in [0.2, 0.25) is 0 Å². The second-order valence-electron chi connectivity index (χ2n) is 4.22. The van der Waals surface area contributed by atoms with Gasteiger partial charge >= 0.3 is 0 Å². The summed E-state index contributed by atoms with van der Waals surface area (Å²) >= 11 is 0. The molecule has 5 nitrogen and oxygen atoms in total. The van der Waals surface area contributed by atoms with Crippen LogP contribution in [0, 0.1) is 0 Å². The Kier molecular flexibility index (Phi) is 6.11. The van der Waals surface area contributed by atoms with E-state index in [-0.39, 0.29) is 5.75 Å². The van der Waals surface area contributed by atoms with Crippen LogP contribution in [-0.4, -0.2) is 40.7 Å². The maximum atomic E-state index is 11.0. The van der Waals surface area contributed by atoms with Crippen molar-refractivity contribution in [1.29, 1.82) is 0 Å². The number of rotatable bonds is 8. The molecule has 0 aliphatic heterocycles. The maximum Gasteiger partial charge on any atom is 0.161 e. The van der Waals surface area contributed by atoms with Gasteiger partial charge in [0.1, 0.15) is 9.84 Å². The highest BCUT2D eigenvalue weighted by atomic mass is 32.2. The molecule has 1 rings (SSSR count). The van der Waals surface area contributed by atoms with Crippen LogP contribution in [0.4, 0.5) is 0 Å². The molecule has 0 aliphatic rings. The van der Waals surface area contributed by atoms with Crippen LogP contribution in [0.25, 0.3) is 0 Å². The van der Waals surface area contributed by atoms with E-state index in [0.717, 1.165) is 5.56 Å². The Balaban J connectivity index is 2.55. The normalized spacial score (nSPS) is 11.3. The molecule has 0 aromatic heterocycles. The Morgan fingerprint density at radius 2 is 2.00 bits per heavy atom. The summed E-state index contributed by atoms with van der Waals surface area (Å²) in [6.45, 7) is 3.54. The van der Waals surface area contributed by atoms with E-state index in [2.05, 4.69) is 5.32 Å². The van der Waals surface area contributed by atoms with Crippen LogP contribution in [-0.2, 0) is 16.4 Å². The second-order valence-corrected chi connectivity index (χ2v) is 6.48. The van der Waals surface area contributed by atoms with E-state index >= 15 is 0 Å². The highest BCUT2D eigenvalue weighted by Gasteiger charge is 2.05. The van der Waals surface area contributed by atoms with Crippen molar-refractivity contribution >= 4 is 9.84 Å². The number of hydrogen-bond donors (Lipinski definition) is 1. The highest BCUT2D eigenvalue weighted by Crippen LogP contribution is 2.27. The van der Waals surface area contributed by atoms with E-state index in [1.54, 1.807) is 7.11 Å². The van der Waals surface area contributed by atoms with Gasteiger partial charge in [-0.25, -0.2) is 8.42 Å². The summed E-state index contributed by atoms with van der Waals surface area (Å²) in [6.07, 6.45) is 1.23. The van der Waals surface area contributed by atoms with Crippen LogP contribution in [0.15, 0.2) is 18.2 Å². The highest BCUT2D eigenvalue weighted by molar-refractivity contribution is 7.90. The minimum absolute atomic E-state index is 0.140. The standard InChI is InChI=1S/C13H21NO4S/c1-4-18-12-6-5-11(9-13(12)17-2)10-14-7-8-19(3,15)16/h5-6,9,14H,4,7-8,10H2,1-3H3. The third kappa shape index (κ3) is 5.94. The fourth-order valence-electron chi connectivity index (χ4n) is 1.59. The Hall–Kier alpha value is -1.27. The predicted molar refractivity (Wildman–Crippen MR) is 75.6 cm³/mol. The Morgan fingerprint density at radius 1 is 1.26 bits per heavy atom. The summed E-state index contributed by atoms with van der Waals surface area (Å²) in [6, 6.07) is 5.68. The van der Waals surface area contributed by atoms with Crippen molar-refractivity contribution in [2.75, 3.05) is 32.3 Å². The first-order valence-electron chi connectivity index (χ1n) is 6.14. The molecule has 1 aromatic rings. The molecule has 0 heterocycles. The summed E-state index contributed by atoms with van der Waals surface area (Å²) in [5.41, 5.74) is 1.02. The predicted octanol–water partition coefficient (Wildman–Crippen LogP) is 1.23. The third-order valence-electron chi connectivity index (χ3n) is 2.51. The van der Waals surface area contributed by atoms with Gasteiger partial charge in [-0.15, -0.1) is 0 Å². The van der Waals surface area contributed by atoms with Crippen molar-refractivity contribution in [1.82, 2.24) is 5.32 Å². The molecule has 108 valence electrons. The third-order valence-corrected chi connectivity index (χ3v) is 3.45. The van der Waals surface area contributed by atoms with E-state index in [1.165, 1.54) is 6.26 Å². The van der Waals surface area contributed by atoms with Crippen LogP contribution in [0.1, 0.15) is 12.5 Å². The van der Waals surface area contributed by atoms with Gasteiger partial charge in [-0.2, -0.15) is 0 Å². The van der Waals surface area contributed by atoms with E-state index in [1.807, 2.05) is 25.1 Å². The van der Waals surface area contributed by atoms with Gasteiger partial charge in [0.2, 0.25) is 0 Å². The van der Waals surface area contributed by atoms with Gasteiger partial charge in [-0.1, -0.05) is 6.07 Å². The number of sulfone groups is 1. The molecule has 0 saturated heterocycles. The van der Waals surface area contributed by atoms with Gasteiger partial charge in [0.05, 0.1) is 19.5 Å². The van der Waals surface area contributed by atoms with Gasteiger partial charge in [0.15, 0.2) is 11.5 Å². The Morgan fingerprint density at radius 3 is 2.58 bits per heavy atom. The molecule has 0 bridgehead atoms. The average Bonchev–Trinajstić information content (AvgIpc) is 2.35. The van der Waals surface area contributed by atoms with Crippen molar-refractivity contribution in [2.24, 2.45) is 0 Å². The minimum Gasteiger partial charge on any atom is -0.493 e. The summed E-state index contributed by atoms with van der Waals surface area (Å²) in [4.78, 5) is 0. The first-order valence-corrected chi connectivity index (χ1v) is 8.20. The molecule has 0 spiro atoms. The molecule has 19 heavy (non-hydrogen) atoms. The topological polar surface area (TPSA) is 64.6 Å². The molecule has 0 unspecified atom stereocenters. The van der Waals surface area contributed by atoms with Crippen molar-refractivity contribution in [3.8, 4) is 11.5 Å². The first kappa shape index (κ1) is 15.8. The zero-order chi connectivity index (χ0) is 14.3. The fraction of sp³-hybridized carbons (Fsp3) is 0.538. The number of nitrogens with one attached hydrogen (secondary N) is 1. The summed E-state index contributed by atoms with van der Waals surface area (Å²) in [7, 11) is -1.32. The Bertz CT molecular complexity index is 499. The van der Waals surface area contributed by atoms with Crippen molar-refractivity contribution in [3.63, 3.8) is 0 Å². The lowest BCUT2D eigenvalue weighted by Gasteiger charge is -2.11. The molecule has 6 heteroatoms. The maximum absolute atomic E-state index is 11.0. The molecule has 0 atom stereocenters. The minimum atomic E-state index is -2.91. The zero-order valence-corrected chi connectivity index (χ0v) is 12.4. The number of hydrogen-bond acceptors (Lipinski definition) is 5. The molecular weight excluding hydrogens is 266 g/mol. The van der Waals surface area contributed by atoms with Crippen LogP contribution in [0.3, 0.4) is 0 Å². The number of methoxy groups -OCH3 is 1. The summed E-state index contributed by atoms with van der Waals surface area (Å²) < 4.78 is 32.6. The summed E-state index contributed by atoms with van der Waals surface area (Å²) in [5, 5.41) is 3.09. The monoisotopic (exact) mass is 287 g/mol. The number of ether oxygens (including phenoxy) is 2. The van der Waals surface area contributed by atoms with Crippen LogP contribution < -0.4 is 14.8 Å². The molecule has 0 saturated carbocycles. The van der Waals surface area contributed by atoms with Crippen LogP contribution >= 0.6 is 0 Å². The molecule has 0 amide bonds. The van der Waals surface area contributed by atoms with E-state index in [9.17, 15) is 8.42 Å². The summed E-state index contributed by atoms with van der Waals surface area (Å²) in [5.74, 6) is 1.54. The quantitative estimate of drug-likeness (QED) is 0.729. The van der Waals surface area contributed by atoms with Crippen LogP contribution in [0.5, 0.6) is 11.5 Å². The number of benzene rings is 1. The molecular formula is C13H21NO4S. The van der Waals surface area contributed by atoms with Gasteiger partial charge in [0.25, 0.3) is 0 Å². The van der Waals surface area contributed by atoms with Gasteiger partial charge in [-0.05, 0) is 24.6 Å². The van der Waals surface area contributed by atoms with E-state index in [0.29, 0.717) is 31.2 Å². The lowest BCUT2D eigenvalue weighted by molar-refractivity contribution is 0.310. The molecule has 1 aromatic carbocycles. The van der Waals surface area contributed by atoms with E-state index in [4.69, 9.17) is 9.47 Å². The molecule has 1 N–H and O–H groups in total. The van der Waals surface area contributed by atoms with Crippen molar-refractivity contribution in [3.05, 3.63) is 23.8 Å². The SMILES string of the molecule is CCOc1ccc(CNCCS(C)(=O)=O)cc1OC. The van der Waals surface area contributed by atoms with Gasteiger partial charge < -0.3 is 14.8 Å². The first-order chi connectivity index (χ1) is 8.96. The van der Waals surface area contributed by atoms with Crippen molar-refractivity contribution < 1.29 is 17.9 Å². The lowest BCUT2D eigenvalue weighted by atomic mass is 10.2. The smallest absolute Gasteiger partial charge is 0.161 e. The lowest BCUT2D eigenvalue weighted by Crippen LogP contribution is -2.21. The average molecular weight is 287 g/mol. The van der Waals surface area contributed by atoms with Crippen molar-refractivity contribution in [2.45, 2.75) is 13.5 Å². The second kappa shape index (κ2) is 7.35. The van der Waals surface area contributed by atoms with E-state index < -0.39 is 9.84 Å². The van der Waals surface area contributed by atoms with Gasteiger partial charge in [0, 0.05) is 19.3 Å². The molecule has 0 radical (unpaired) electrons. The zero-order valence-electron chi connectivity index (χ0n) is 11.6. The molecule has 0 fully saturated rings. The Labute approximate surface area is 114 Å². The largest absolute Gasteiger partial charge is 0.493 e. The fourth-order valence-corrected chi connectivity index (χ4v) is 2.10. The molecule has 0 aliphatic carbocycles. The van der Waals surface area contributed by atoms with Gasteiger partial charge in [-0.3, -0.25) is 0 Å².